The van der Waals surface area contributed by atoms with E-state index in [1.54, 1.807) is 0 Å². The monoisotopic (exact) mass is 247 g/mol. The molecule has 1 aromatic rings. The molecule has 0 aliphatic carbocycles. The molecule has 2 aliphatic heterocycles. The van der Waals surface area contributed by atoms with Crippen molar-refractivity contribution in [2.45, 2.75) is 38.3 Å². The van der Waals surface area contributed by atoms with Gasteiger partial charge >= 0.3 is 0 Å². The first-order chi connectivity index (χ1) is 8.84. The van der Waals surface area contributed by atoms with Crippen molar-refractivity contribution in [1.29, 1.82) is 0 Å². The van der Waals surface area contributed by atoms with E-state index in [1.165, 1.54) is 32.4 Å². The van der Waals surface area contributed by atoms with E-state index in [2.05, 4.69) is 11.8 Å². The van der Waals surface area contributed by atoms with E-state index < -0.39 is 0 Å². The molecule has 3 rings (SSSR count). The Morgan fingerprint density at radius 2 is 1.83 bits per heavy atom. The van der Waals surface area contributed by atoms with Crippen molar-refractivity contribution in [1.82, 2.24) is 4.90 Å². The number of likely N-dealkylation sites (tertiary alicyclic amines) is 1. The number of benzene rings is 1. The van der Waals surface area contributed by atoms with Crippen molar-refractivity contribution < 1.29 is 9.47 Å². The molecule has 1 saturated heterocycles. The number of piperidine rings is 1. The van der Waals surface area contributed by atoms with Crippen LogP contribution >= 0.6 is 0 Å². The molecule has 0 bridgehead atoms. The highest BCUT2D eigenvalue weighted by molar-refractivity contribution is 5.40. The van der Waals surface area contributed by atoms with E-state index >= 15 is 0 Å². The van der Waals surface area contributed by atoms with Gasteiger partial charge in [0.05, 0.1) is 0 Å². The Hall–Kier alpha value is -1.22. The van der Waals surface area contributed by atoms with Crippen LogP contribution in [-0.2, 0) is 0 Å². The zero-order valence-electron chi connectivity index (χ0n) is 11.0. The van der Waals surface area contributed by atoms with Crippen molar-refractivity contribution in [3.05, 3.63) is 24.3 Å². The lowest BCUT2D eigenvalue weighted by molar-refractivity contribution is 0.0141. The maximum atomic E-state index is 6.08. The molecule has 0 aromatic heterocycles. The average Bonchev–Trinajstić information content (AvgIpc) is 2.47. The molecule has 0 amide bonds. The number of fused-ring (bicyclic) bond motifs is 1. The molecule has 0 radical (unpaired) electrons. The summed E-state index contributed by atoms with van der Waals surface area (Å²) >= 11 is 0. The van der Waals surface area contributed by atoms with E-state index in [-0.39, 0.29) is 6.10 Å². The predicted octanol–water partition coefficient (Wildman–Crippen LogP) is 2.70. The Morgan fingerprint density at radius 3 is 2.61 bits per heavy atom. The van der Waals surface area contributed by atoms with Crippen molar-refractivity contribution in [2.24, 2.45) is 0 Å². The molecule has 98 valence electrons. The van der Waals surface area contributed by atoms with Gasteiger partial charge in [0.1, 0.15) is 12.7 Å². The van der Waals surface area contributed by atoms with Gasteiger partial charge < -0.3 is 9.47 Å². The lowest BCUT2D eigenvalue weighted by Gasteiger charge is -2.38. The van der Waals surface area contributed by atoms with E-state index in [0.29, 0.717) is 12.6 Å². The summed E-state index contributed by atoms with van der Waals surface area (Å²) in [4.78, 5) is 2.53. The van der Waals surface area contributed by atoms with Gasteiger partial charge in [-0.15, -0.1) is 0 Å². The Kier molecular flexibility index (Phi) is 3.41. The maximum Gasteiger partial charge on any atom is 0.161 e. The van der Waals surface area contributed by atoms with Gasteiger partial charge in [0.15, 0.2) is 11.5 Å². The van der Waals surface area contributed by atoms with Crippen LogP contribution in [0.2, 0.25) is 0 Å². The smallest absolute Gasteiger partial charge is 0.161 e. The minimum Gasteiger partial charge on any atom is -0.486 e. The summed E-state index contributed by atoms with van der Waals surface area (Å²) in [7, 11) is 0. The third kappa shape index (κ3) is 2.32. The highest BCUT2D eigenvalue weighted by Gasteiger charge is 2.30. The lowest BCUT2D eigenvalue weighted by atomic mass is 10.1. The largest absolute Gasteiger partial charge is 0.486 e. The number of nitrogens with zero attached hydrogens (tertiary/aromatic N) is 1. The standard InChI is InChI=1S/C15H21NO2/c1-12(16-9-5-2-6-10-16)15-11-17-13-7-3-4-8-14(13)18-15/h3-4,7-8,12,15H,2,5-6,9-11H2,1H3. The van der Waals surface area contributed by atoms with Crippen molar-refractivity contribution in [2.75, 3.05) is 19.7 Å². The molecular formula is C15H21NO2. The molecule has 18 heavy (non-hydrogen) atoms. The van der Waals surface area contributed by atoms with Crippen molar-refractivity contribution in [3.63, 3.8) is 0 Å². The van der Waals surface area contributed by atoms with Crippen molar-refractivity contribution in [3.8, 4) is 11.5 Å². The fraction of sp³-hybridized carbons (Fsp3) is 0.600. The second-order valence-electron chi connectivity index (χ2n) is 5.25. The van der Waals surface area contributed by atoms with Crippen LogP contribution in [0.15, 0.2) is 24.3 Å². The summed E-state index contributed by atoms with van der Waals surface area (Å²) in [6.45, 7) is 5.31. The normalized spacial score (nSPS) is 25.7. The van der Waals surface area contributed by atoms with E-state index in [4.69, 9.17) is 9.47 Å². The van der Waals surface area contributed by atoms with Gasteiger partial charge in [0.2, 0.25) is 0 Å². The summed E-state index contributed by atoms with van der Waals surface area (Å²) in [6, 6.07) is 8.37. The third-order valence-electron chi connectivity index (χ3n) is 4.04. The zero-order valence-corrected chi connectivity index (χ0v) is 11.0. The number of rotatable bonds is 2. The summed E-state index contributed by atoms with van der Waals surface area (Å²) < 4.78 is 11.9. The molecule has 0 spiro atoms. The predicted molar refractivity (Wildman–Crippen MR) is 71.2 cm³/mol. The van der Waals surface area contributed by atoms with Gasteiger partial charge in [-0.3, -0.25) is 4.90 Å². The fourth-order valence-corrected chi connectivity index (χ4v) is 2.83. The van der Waals surface area contributed by atoms with Gasteiger partial charge in [-0.25, -0.2) is 0 Å². The fourth-order valence-electron chi connectivity index (χ4n) is 2.83. The van der Waals surface area contributed by atoms with Gasteiger partial charge in [0, 0.05) is 6.04 Å². The van der Waals surface area contributed by atoms with Crippen LogP contribution in [0.5, 0.6) is 11.5 Å². The minimum absolute atomic E-state index is 0.151. The first kappa shape index (κ1) is 11.8. The Labute approximate surface area is 109 Å². The SMILES string of the molecule is CC(C1COc2ccccc2O1)N1CCCCC1. The number of hydrogen-bond donors (Lipinski definition) is 0. The molecule has 2 unspecified atom stereocenters. The van der Waals surface area contributed by atoms with Crippen LogP contribution in [0, 0.1) is 0 Å². The zero-order chi connectivity index (χ0) is 12.4. The van der Waals surface area contributed by atoms with Gasteiger partial charge in [-0.2, -0.15) is 0 Å². The lowest BCUT2D eigenvalue weighted by Crippen LogP contribution is -2.49. The Balaban J connectivity index is 1.67. The van der Waals surface area contributed by atoms with Gasteiger partial charge in [0.25, 0.3) is 0 Å². The molecule has 3 nitrogen and oxygen atoms in total. The second-order valence-corrected chi connectivity index (χ2v) is 5.25. The molecule has 1 fully saturated rings. The first-order valence-electron chi connectivity index (χ1n) is 6.97. The van der Waals surface area contributed by atoms with Gasteiger partial charge in [-0.05, 0) is 45.0 Å². The topological polar surface area (TPSA) is 21.7 Å². The minimum atomic E-state index is 0.151. The number of hydrogen-bond acceptors (Lipinski definition) is 3. The molecule has 2 aliphatic rings. The van der Waals surface area contributed by atoms with Gasteiger partial charge in [-0.1, -0.05) is 18.6 Å². The molecular weight excluding hydrogens is 226 g/mol. The molecule has 1 aromatic carbocycles. The summed E-state index contributed by atoms with van der Waals surface area (Å²) in [5, 5.41) is 0. The molecule has 2 atom stereocenters. The van der Waals surface area contributed by atoms with Crippen LogP contribution in [-0.4, -0.2) is 36.7 Å². The van der Waals surface area contributed by atoms with E-state index in [0.717, 1.165) is 11.5 Å². The number of ether oxygens (including phenoxy) is 2. The molecule has 0 N–H and O–H groups in total. The van der Waals surface area contributed by atoms with E-state index in [9.17, 15) is 0 Å². The second kappa shape index (κ2) is 5.19. The third-order valence-corrected chi connectivity index (χ3v) is 4.04. The van der Waals surface area contributed by atoms with Crippen LogP contribution in [0.1, 0.15) is 26.2 Å². The van der Waals surface area contributed by atoms with Crippen molar-refractivity contribution >= 4 is 0 Å². The maximum absolute atomic E-state index is 6.08. The highest BCUT2D eigenvalue weighted by atomic mass is 16.6. The molecule has 2 heterocycles. The van der Waals surface area contributed by atoms with Crippen LogP contribution in [0.4, 0.5) is 0 Å². The summed E-state index contributed by atoms with van der Waals surface area (Å²) in [5.74, 6) is 1.76. The average molecular weight is 247 g/mol. The van der Waals surface area contributed by atoms with E-state index in [1.807, 2.05) is 24.3 Å². The Bertz CT molecular complexity index is 401. The Morgan fingerprint density at radius 1 is 1.11 bits per heavy atom. The quantitative estimate of drug-likeness (QED) is 0.802. The number of para-hydroxylation sites is 2. The first-order valence-corrected chi connectivity index (χ1v) is 6.97. The summed E-state index contributed by atoms with van der Waals surface area (Å²) in [5.41, 5.74) is 0. The highest BCUT2D eigenvalue weighted by Crippen LogP contribution is 2.32. The van der Waals surface area contributed by atoms with Crippen LogP contribution in [0.25, 0.3) is 0 Å². The molecule has 3 heteroatoms. The van der Waals surface area contributed by atoms with Crippen LogP contribution in [0.3, 0.4) is 0 Å². The molecule has 0 saturated carbocycles. The van der Waals surface area contributed by atoms with Crippen LogP contribution < -0.4 is 9.47 Å². The summed E-state index contributed by atoms with van der Waals surface area (Å²) in [6.07, 6.45) is 4.15.